The summed E-state index contributed by atoms with van der Waals surface area (Å²) in [7, 11) is 3.33. The molecular formula is C20H15ClN4O4S. The van der Waals surface area contributed by atoms with E-state index in [-0.39, 0.29) is 16.2 Å². The Bertz CT molecular complexity index is 1190. The van der Waals surface area contributed by atoms with E-state index >= 15 is 0 Å². The van der Waals surface area contributed by atoms with Gasteiger partial charge in [-0.1, -0.05) is 11.6 Å². The topological polar surface area (TPSA) is 96.1 Å². The Kier molecular flexibility index (Phi) is 4.87. The molecule has 10 heteroatoms. The minimum atomic E-state index is -0.551. The number of aryl methyl sites for hydroxylation is 1. The van der Waals surface area contributed by atoms with Crippen LogP contribution in [-0.4, -0.2) is 36.0 Å². The van der Waals surface area contributed by atoms with E-state index in [1.54, 1.807) is 50.2 Å². The number of amidine groups is 1. The van der Waals surface area contributed by atoms with Crippen LogP contribution in [0, 0.1) is 17.0 Å². The molecule has 0 unspecified atom stereocenters. The molecule has 2 heterocycles. The number of aliphatic imine (C=N–C) groups is 1. The van der Waals surface area contributed by atoms with Crippen molar-refractivity contribution in [3.8, 4) is 0 Å². The molecule has 0 atom stereocenters. The minimum Gasteiger partial charge on any atom is -0.324 e. The van der Waals surface area contributed by atoms with Crippen LogP contribution in [0.2, 0.25) is 5.02 Å². The molecule has 8 nitrogen and oxygen atoms in total. The molecule has 152 valence electrons. The summed E-state index contributed by atoms with van der Waals surface area (Å²) in [6.07, 6.45) is 0. The van der Waals surface area contributed by atoms with Crippen LogP contribution >= 0.6 is 23.4 Å². The van der Waals surface area contributed by atoms with Crippen LogP contribution in [0.25, 0.3) is 5.57 Å². The molecule has 0 bridgehead atoms. The third-order valence-electron chi connectivity index (χ3n) is 4.93. The smallest absolute Gasteiger partial charge is 0.287 e. The van der Waals surface area contributed by atoms with Crippen molar-refractivity contribution in [3.63, 3.8) is 0 Å². The van der Waals surface area contributed by atoms with Gasteiger partial charge in [-0.15, -0.1) is 0 Å². The Hall–Kier alpha value is -3.17. The van der Waals surface area contributed by atoms with Crippen LogP contribution in [0.3, 0.4) is 0 Å². The summed E-state index contributed by atoms with van der Waals surface area (Å²) in [5.74, 6) is -0.945. The number of halogens is 1. The number of amides is 2. The second-order valence-electron chi connectivity index (χ2n) is 6.82. The highest BCUT2D eigenvalue weighted by molar-refractivity contribution is 8.19. The summed E-state index contributed by atoms with van der Waals surface area (Å²) in [6.45, 7) is 1.70. The van der Waals surface area contributed by atoms with Crippen molar-refractivity contribution in [2.24, 2.45) is 4.99 Å². The molecule has 2 aliphatic heterocycles. The highest BCUT2D eigenvalue weighted by Crippen LogP contribution is 2.46. The van der Waals surface area contributed by atoms with Gasteiger partial charge in [0.15, 0.2) is 5.17 Å². The average Bonchev–Trinajstić information content (AvgIpc) is 3.19. The number of nitro groups is 1. The van der Waals surface area contributed by atoms with Gasteiger partial charge in [-0.25, -0.2) is 0 Å². The van der Waals surface area contributed by atoms with Gasteiger partial charge < -0.3 is 9.80 Å². The second-order valence-corrected chi connectivity index (χ2v) is 8.24. The third kappa shape index (κ3) is 3.16. The molecule has 0 N–H and O–H groups in total. The number of hydrogen-bond acceptors (Lipinski definition) is 6. The van der Waals surface area contributed by atoms with Crippen molar-refractivity contribution in [1.82, 2.24) is 0 Å². The fraction of sp³-hybridized carbons (Fsp3) is 0.150. The molecule has 4 rings (SSSR count). The van der Waals surface area contributed by atoms with Crippen LogP contribution in [-0.2, 0) is 9.59 Å². The normalized spacial score (nSPS) is 18.0. The number of benzene rings is 2. The standard InChI is InChI=1S/C20H15ClN4O4S/c1-10-8-13(25(28)29)9-14-15(19(27)24(3)16(10)14)17-18(26)22-20(30-17)23(2)12-6-4-11(21)5-7-12/h4-9H,1-3H3/b17-15-. The molecule has 0 fully saturated rings. The van der Waals surface area contributed by atoms with Crippen molar-refractivity contribution in [2.75, 3.05) is 23.9 Å². The first-order valence-electron chi connectivity index (χ1n) is 8.81. The van der Waals surface area contributed by atoms with Crippen molar-refractivity contribution in [1.29, 1.82) is 0 Å². The van der Waals surface area contributed by atoms with E-state index in [0.29, 0.717) is 27.0 Å². The maximum Gasteiger partial charge on any atom is 0.287 e. The molecule has 0 aliphatic carbocycles. The number of rotatable bonds is 2. The number of fused-ring (bicyclic) bond motifs is 1. The van der Waals surface area contributed by atoms with E-state index in [1.165, 1.54) is 17.0 Å². The first-order chi connectivity index (χ1) is 14.2. The lowest BCUT2D eigenvalue weighted by atomic mass is 10.0. The van der Waals surface area contributed by atoms with Crippen LogP contribution in [0.1, 0.15) is 11.1 Å². The van der Waals surface area contributed by atoms with Gasteiger partial charge in [0.05, 0.1) is 21.1 Å². The average molecular weight is 443 g/mol. The monoisotopic (exact) mass is 442 g/mol. The number of nitro benzene ring substituents is 1. The second kappa shape index (κ2) is 7.26. The third-order valence-corrected chi connectivity index (χ3v) is 6.31. The molecule has 2 amide bonds. The Labute approximate surface area is 181 Å². The number of thioether (sulfide) groups is 1. The van der Waals surface area contributed by atoms with Gasteiger partial charge in [-0.2, -0.15) is 4.99 Å². The first kappa shape index (κ1) is 20.1. The minimum absolute atomic E-state index is 0.137. The summed E-state index contributed by atoms with van der Waals surface area (Å²) < 4.78 is 0. The molecule has 30 heavy (non-hydrogen) atoms. The number of non-ortho nitro benzene ring substituents is 1. The lowest BCUT2D eigenvalue weighted by Crippen LogP contribution is -2.22. The molecule has 0 saturated heterocycles. The summed E-state index contributed by atoms with van der Waals surface area (Å²) in [5.41, 5.74) is 2.28. The number of anilines is 2. The number of likely N-dealkylation sites (N-methyl/N-ethyl adjacent to an activating group) is 1. The number of carbonyl (C=O) groups excluding carboxylic acids is 2. The highest BCUT2D eigenvalue weighted by Gasteiger charge is 2.39. The predicted octanol–water partition coefficient (Wildman–Crippen LogP) is 4.01. The first-order valence-corrected chi connectivity index (χ1v) is 10.0. The van der Waals surface area contributed by atoms with Crippen LogP contribution < -0.4 is 9.80 Å². The van der Waals surface area contributed by atoms with E-state index in [9.17, 15) is 19.7 Å². The van der Waals surface area contributed by atoms with Crippen molar-refractivity contribution < 1.29 is 14.5 Å². The van der Waals surface area contributed by atoms with Gasteiger partial charge in [0.2, 0.25) is 0 Å². The molecule has 0 aromatic heterocycles. The Morgan fingerprint density at radius 3 is 2.50 bits per heavy atom. The number of hydrogen-bond donors (Lipinski definition) is 0. The Morgan fingerprint density at radius 1 is 1.20 bits per heavy atom. The lowest BCUT2D eigenvalue weighted by molar-refractivity contribution is -0.384. The maximum absolute atomic E-state index is 13.0. The van der Waals surface area contributed by atoms with E-state index in [1.807, 2.05) is 0 Å². The fourth-order valence-corrected chi connectivity index (χ4v) is 4.59. The van der Waals surface area contributed by atoms with Crippen molar-refractivity contribution in [2.45, 2.75) is 6.92 Å². The molecule has 0 spiro atoms. The van der Waals surface area contributed by atoms with Crippen LogP contribution in [0.4, 0.5) is 17.1 Å². The van der Waals surface area contributed by atoms with Crippen molar-refractivity contribution in [3.05, 3.63) is 67.6 Å². The molecule has 0 radical (unpaired) electrons. The molecule has 2 aromatic rings. The van der Waals surface area contributed by atoms with Crippen LogP contribution in [0.15, 0.2) is 46.3 Å². The zero-order chi connectivity index (χ0) is 21.7. The molecule has 2 aromatic carbocycles. The van der Waals surface area contributed by atoms with Gasteiger partial charge in [0.25, 0.3) is 17.5 Å². The van der Waals surface area contributed by atoms with Gasteiger partial charge in [-0.05, 0) is 48.5 Å². The largest absolute Gasteiger partial charge is 0.324 e. The van der Waals surface area contributed by atoms with E-state index in [2.05, 4.69) is 4.99 Å². The van der Waals surface area contributed by atoms with Crippen molar-refractivity contribution >= 4 is 63.0 Å². The quantitative estimate of drug-likeness (QED) is 0.396. The van der Waals surface area contributed by atoms with Crippen LogP contribution in [0.5, 0.6) is 0 Å². The Morgan fingerprint density at radius 2 is 1.87 bits per heavy atom. The van der Waals surface area contributed by atoms with E-state index < -0.39 is 16.7 Å². The maximum atomic E-state index is 13.0. The molecular weight excluding hydrogens is 428 g/mol. The van der Waals surface area contributed by atoms with Gasteiger partial charge >= 0.3 is 0 Å². The lowest BCUT2D eigenvalue weighted by Gasteiger charge is -2.17. The summed E-state index contributed by atoms with van der Waals surface area (Å²) in [6, 6.07) is 9.77. The van der Waals surface area contributed by atoms with E-state index in [4.69, 9.17) is 11.6 Å². The van der Waals surface area contributed by atoms with E-state index in [0.717, 1.165) is 17.4 Å². The summed E-state index contributed by atoms with van der Waals surface area (Å²) in [4.78, 5) is 43.8. The molecule has 2 aliphatic rings. The summed E-state index contributed by atoms with van der Waals surface area (Å²) in [5, 5.41) is 12.3. The predicted molar refractivity (Wildman–Crippen MR) is 118 cm³/mol. The fourth-order valence-electron chi connectivity index (χ4n) is 3.48. The number of nitrogens with zero attached hydrogens (tertiary/aromatic N) is 4. The highest BCUT2D eigenvalue weighted by atomic mass is 35.5. The van der Waals surface area contributed by atoms with Gasteiger partial charge in [-0.3, -0.25) is 19.7 Å². The number of carbonyl (C=O) groups is 2. The zero-order valence-corrected chi connectivity index (χ0v) is 17.7. The SMILES string of the molecule is Cc1cc([N+](=O)[O-])cc2c1N(C)C(=O)/C2=C1\SC(N(C)c2ccc(Cl)cc2)=NC1=O. The zero-order valence-electron chi connectivity index (χ0n) is 16.2. The van der Waals surface area contributed by atoms with Gasteiger partial charge in [0.1, 0.15) is 0 Å². The summed E-state index contributed by atoms with van der Waals surface area (Å²) >= 11 is 7.00. The Balaban J connectivity index is 1.78. The molecule has 0 saturated carbocycles. The van der Waals surface area contributed by atoms with Gasteiger partial charge in [0, 0.05) is 42.5 Å².